The van der Waals surface area contributed by atoms with Crippen molar-refractivity contribution >= 4 is 13.7 Å². The summed E-state index contributed by atoms with van der Waals surface area (Å²) in [5, 5.41) is 13.8. The number of hydrogen-bond acceptors (Lipinski definition) is 5. The number of aliphatic hydroxyl groups is 1. The number of allylic oxidation sites excluding steroid dienone is 19. The highest BCUT2D eigenvalue weighted by molar-refractivity contribution is 7.47. The fraction of sp³-hybridized carbons (Fsp3) is 0.632. The minimum atomic E-state index is -4.36. The Morgan fingerprint density at radius 3 is 1.39 bits per heavy atom. The molecule has 0 aliphatic carbocycles. The quantitative estimate of drug-likeness (QED) is 0.0243. The molecule has 0 aromatic carbocycles. The first kappa shape index (κ1) is 62.9. The second kappa shape index (κ2) is 47.0. The lowest BCUT2D eigenvalue weighted by Crippen LogP contribution is -2.45. The van der Waals surface area contributed by atoms with Gasteiger partial charge in [0.15, 0.2) is 0 Å². The Morgan fingerprint density at radius 2 is 0.924 bits per heavy atom. The number of nitrogens with one attached hydrogen (secondary N) is 1. The largest absolute Gasteiger partial charge is 0.472 e. The van der Waals surface area contributed by atoms with Gasteiger partial charge in [-0.25, -0.2) is 4.57 Å². The Hall–Kier alpha value is -3.10. The number of quaternary nitrogens is 1. The van der Waals surface area contributed by atoms with E-state index in [1.165, 1.54) is 57.8 Å². The summed E-state index contributed by atoms with van der Waals surface area (Å²) in [6.07, 6.45) is 70.1. The number of phosphoric acid groups is 1. The second-order valence-corrected chi connectivity index (χ2v) is 19.6. The molecule has 0 aliphatic heterocycles. The van der Waals surface area contributed by atoms with Crippen molar-refractivity contribution in [1.29, 1.82) is 0 Å². The predicted octanol–water partition coefficient (Wildman–Crippen LogP) is 15.4. The van der Waals surface area contributed by atoms with Crippen LogP contribution in [0.3, 0.4) is 0 Å². The zero-order chi connectivity index (χ0) is 48.5. The van der Waals surface area contributed by atoms with Gasteiger partial charge in [0.05, 0.1) is 39.9 Å². The molecule has 0 aromatic rings. The molecule has 376 valence electrons. The van der Waals surface area contributed by atoms with Gasteiger partial charge in [0.2, 0.25) is 5.91 Å². The highest BCUT2D eigenvalue weighted by Crippen LogP contribution is 2.43. The van der Waals surface area contributed by atoms with E-state index >= 15 is 0 Å². The van der Waals surface area contributed by atoms with Gasteiger partial charge in [-0.05, 0) is 96.3 Å². The van der Waals surface area contributed by atoms with Gasteiger partial charge in [0.25, 0.3) is 0 Å². The molecular weight excluding hydrogens is 840 g/mol. The molecular formula is C57H98N2O6P+. The maximum absolute atomic E-state index is 12.9. The molecule has 3 unspecified atom stereocenters. The molecule has 9 heteroatoms. The zero-order valence-corrected chi connectivity index (χ0v) is 43.5. The van der Waals surface area contributed by atoms with Crippen molar-refractivity contribution in [2.24, 2.45) is 0 Å². The highest BCUT2D eigenvalue weighted by Gasteiger charge is 2.27. The average Bonchev–Trinajstić information content (AvgIpc) is 3.28. The third kappa shape index (κ3) is 48.8. The topological polar surface area (TPSA) is 105 Å². The number of likely N-dealkylation sites (N-methyl/N-ethyl adjacent to an activating group) is 1. The van der Waals surface area contributed by atoms with Gasteiger partial charge >= 0.3 is 7.82 Å². The molecule has 0 fully saturated rings. The molecule has 0 rings (SSSR count). The van der Waals surface area contributed by atoms with E-state index in [9.17, 15) is 19.4 Å². The molecule has 0 heterocycles. The summed E-state index contributed by atoms with van der Waals surface area (Å²) >= 11 is 0. The van der Waals surface area contributed by atoms with Crippen LogP contribution in [-0.4, -0.2) is 73.4 Å². The highest BCUT2D eigenvalue weighted by atomic mass is 31.2. The number of phosphoric ester groups is 1. The summed E-state index contributed by atoms with van der Waals surface area (Å²) in [5.41, 5.74) is 0. The Kier molecular flexibility index (Phi) is 44.8. The van der Waals surface area contributed by atoms with E-state index in [4.69, 9.17) is 9.05 Å². The lowest BCUT2D eigenvalue weighted by molar-refractivity contribution is -0.870. The molecule has 3 atom stereocenters. The van der Waals surface area contributed by atoms with E-state index in [0.717, 1.165) is 103 Å². The summed E-state index contributed by atoms with van der Waals surface area (Å²) in [6, 6.07) is -0.875. The number of carbonyl (C=O) groups excluding carboxylic acids is 1. The summed E-state index contributed by atoms with van der Waals surface area (Å²) in [5.74, 6) is -0.204. The van der Waals surface area contributed by atoms with Crippen molar-refractivity contribution in [1.82, 2.24) is 5.32 Å². The number of unbranched alkanes of at least 4 members (excludes halogenated alkanes) is 14. The zero-order valence-electron chi connectivity index (χ0n) is 42.6. The van der Waals surface area contributed by atoms with Crippen LogP contribution in [0, 0.1) is 0 Å². The number of amides is 1. The molecule has 66 heavy (non-hydrogen) atoms. The average molecular weight is 938 g/mol. The minimum absolute atomic E-state index is 0.0477. The molecule has 0 aromatic heterocycles. The fourth-order valence-corrected chi connectivity index (χ4v) is 7.34. The van der Waals surface area contributed by atoms with Crippen molar-refractivity contribution in [3.8, 4) is 0 Å². The normalized spacial score (nSPS) is 15.1. The molecule has 0 radical (unpaired) electrons. The Balaban J connectivity index is 4.20. The molecule has 0 aliphatic rings. The number of nitrogens with zero attached hydrogens (tertiary/aromatic N) is 1. The molecule has 3 N–H and O–H groups in total. The van der Waals surface area contributed by atoms with Crippen molar-refractivity contribution in [3.63, 3.8) is 0 Å². The lowest BCUT2D eigenvalue weighted by atomic mass is 10.1. The van der Waals surface area contributed by atoms with Crippen LogP contribution < -0.4 is 5.32 Å². The van der Waals surface area contributed by atoms with Gasteiger partial charge < -0.3 is 19.8 Å². The molecule has 0 saturated carbocycles. The monoisotopic (exact) mass is 938 g/mol. The van der Waals surface area contributed by atoms with Crippen LogP contribution in [0.2, 0.25) is 0 Å². The number of carbonyl (C=O) groups is 1. The standard InChI is InChI=1S/C57H97N2O6P/c1-6-8-10-12-14-16-18-19-20-21-22-23-24-25-26-27-28-29-30-31-32-33-34-35-36-37-38-39-41-43-45-47-49-51-57(61)58-55(54-65-66(62,63)64-53-52-59(3,4)5)56(60)50-48-46-44-42-40-17-15-13-11-9-7-2/h8,10,14,16,19-20,22-23,25-26,28-29,31-32,34-35,40,42,48,50,55-56,60H,6-7,9,11-13,15,17-18,21,24,27,30,33,36-39,41,43-47,49,51-54H2,1-5H3,(H-,58,61,62,63)/p+1/b10-8-,16-14-,20-19-,23-22-,26-25-,29-28-,32-31-,35-34-,42-40+,50-48+. The second-order valence-electron chi connectivity index (χ2n) is 18.2. The maximum atomic E-state index is 12.9. The maximum Gasteiger partial charge on any atom is 0.472 e. The first-order chi connectivity index (χ1) is 32.0. The minimum Gasteiger partial charge on any atom is -0.387 e. The van der Waals surface area contributed by atoms with Crippen molar-refractivity contribution in [2.75, 3.05) is 40.9 Å². The third-order valence-corrected chi connectivity index (χ3v) is 11.6. The molecule has 0 spiro atoms. The van der Waals surface area contributed by atoms with E-state index in [0.29, 0.717) is 17.4 Å². The number of rotatable bonds is 45. The van der Waals surface area contributed by atoms with E-state index < -0.39 is 20.0 Å². The van der Waals surface area contributed by atoms with E-state index in [-0.39, 0.29) is 19.1 Å². The van der Waals surface area contributed by atoms with Gasteiger partial charge in [-0.3, -0.25) is 13.8 Å². The van der Waals surface area contributed by atoms with Crippen LogP contribution in [-0.2, 0) is 18.4 Å². The van der Waals surface area contributed by atoms with Crippen LogP contribution in [0.5, 0.6) is 0 Å². The van der Waals surface area contributed by atoms with Crippen LogP contribution in [0.1, 0.15) is 181 Å². The Labute approximate surface area is 405 Å². The first-order valence-electron chi connectivity index (χ1n) is 25.9. The Morgan fingerprint density at radius 1 is 0.530 bits per heavy atom. The summed E-state index contributed by atoms with van der Waals surface area (Å²) < 4.78 is 23.5. The van der Waals surface area contributed by atoms with Crippen molar-refractivity contribution in [3.05, 3.63) is 122 Å². The van der Waals surface area contributed by atoms with Crippen LogP contribution in [0.15, 0.2) is 122 Å². The smallest absolute Gasteiger partial charge is 0.387 e. The van der Waals surface area contributed by atoms with Crippen molar-refractivity contribution in [2.45, 2.75) is 193 Å². The van der Waals surface area contributed by atoms with E-state index in [1.807, 2.05) is 27.2 Å². The van der Waals surface area contributed by atoms with Crippen molar-refractivity contribution < 1.29 is 32.9 Å². The Bertz CT molecular complexity index is 1480. The predicted molar refractivity (Wildman–Crippen MR) is 285 cm³/mol. The van der Waals surface area contributed by atoms with Gasteiger partial charge in [-0.1, -0.05) is 200 Å². The van der Waals surface area contributed by atoms with Gasteiger partial charge in [-0.15, -0.1) is 0 Å². The van der Waals surface area contributed by atoms with Gasteiger partial charge in [0.1, 0.15) is 13.2 Å². The number of aliphatic hydroxyl groups excluding tert-OH is 1. The molecule has 0 bridgehead atoms. The third-order valence-electron chi connectivity index (χ3n) is 10.7. The SMILES string of the molecule is CC/C=C\C/C=C\C/C=C\C/C=C\C/C=C\C/C=C\C/C=C\C/C=C\CCCCCCCCCCC(=O)NC(COP(=O)(O)OCC[N+](C)(C)C)C(O)/C=C/CC/C=C/CCCCCCC. The summed E-state index contributed by atoms with van der Waals surface area (Å²) in [6.45, 7) is 4.62. The van der Waals surface area contributed by atoms with E-state index in [1.54, 1.807) is 6.08 Å². The van der Waals surface area contributed by atoms with Crippen LogP contribution >= 0.6 is 7.82 Å². The summed E-state index contributed by atoms with van der Waals surface area (Å²) in [4.78, 5) is 23.2. The summed E-state index contributed by atoms with van der Waals surface area (Å²) in [7, 11) is 1.53. The fourth-order valence-electron chi connectivity index (χ4n) is 6.60. The molecule has 8 nitrogen and oxygen atoms in total. The molecule has 1 amide bonds. The first-order valence-corrected chi connectivity index (χ1v) is 27.4. The number of hydrogen-bond donors (Lipinski definition) is 3. The van der Waals surface area contributed by atoms with E-state index in [2.05, 4.69) is 129 Å². The van der Waals surface area contributed by atoms with Crippen LogP contribution in [0.25, 0.3) is 0 Å². The van der Waals surface area contributed by atoms with Gasteiger partial charge in [-0.2, -0.15) is 0 Å². The lowest BCUT2D eigenvalue weighted by Gasteiger charge is -2.25. The molecule has 0 saturated heterocycles. The van der Waals surface area contributed by atoms with Gasteiger partial charge in [0, 0.05) is 6.42 Å². The van der Waals surface area contributed by atoms with Crippen LogP contribution in [0.4, 0.5) is 0 Å².